The third-order valence-electron chi connectivity index (χ3n) is 3.05. The van der Waals surface area contributed by atoms with E-state index in [1.807, 2.05) is 13.8 Å². The van der Waals surface area contributed by atoms with Crippen LogP contribution in [0.2, 0.25) is 0 Å². The normalized spacial score (nSPS) is 17.3. The Bertz CT molecular complexity index is 652. The number of fused-ring (bicyclic) bond motifs is 1. The van der Waals surface area contributed by atoms with Gasteiger partial charge in [0.05, 0.1) is 25.0 Å². The molecule has 0 unspecified atom stereocenters. The predicted octanol–water partition coefficient (Wildman–Crippen LogP) is 0.765. The minimum Gasteiger partial charge on any atom is -0.484 e. The summed E-state index contributed by atoms with van der Waals surface area (Å²) >= 11 is 0. The lowest BCUT2D eigenvalue weighted by molar-refractivity contribution is 0.100. The van der Waals surface area contributed by atoms with Crippen molar-refractivity contribution in [1.82, 2.24) is 0 Å². The van der Waals surface area contributed by atoms with E-state index in [-0.39, 0.29) is 18.9 Å². The number of ketones is 1. The van der Waals surface area contributed by atoms with E-state index in [0.29, 0.717) is 17.0 Å². The first kappa shape index (κ1) is 14.8. The fourth-order valence-electron chi connectivity index (χ4n) is 2.15. The summed E-state index contributed by atoms with van der Waals surface area (Å²) in [4.78, 5) is 11.6. The number of Topliss-reactive ketones (excluding diaryl/α,β-unsaturated/α-hetero) is 1. The van der Waals surface area contributed by atoms with Crippen LogP contribution in [0.1, 0.15) is 24.2 Å². The number of carbonyl (C=O) groups excluding carboxylic acids is 1. The van der Waals surface area contributed by atoms with Crippen LogP contribution in [0.5, 0.6) is 5.75 Å². The maximum atomic E-state index is 11.9. The van der Waals surface area contributed by atoms with Gasteiger partial charge < -0.3 is 10.5 Å². The van der Waals surface area contributed by atoms with Crippen molar-refractivity contribution < 1.29 is 17.9 Å². The molecule has 0 bridgehead atoms. The summed E-state index contributed by atoms with van der Waals surface area (Å²) in [5, 5.41) is 0. The van der Waals surface area contributed by atoms with Gasteiger partial charge in [0.1, 0.15) is 11.4 Å². The number of sulfonamides is 1. The SMILES string of the molecule is CC1(C)CN(S(C)(=O)=O)c2cc(C(=O)CN)ccc2O1. The maximum absolute atomic E-state index is 11.9. The molecule has 0 saturated heterocycles. The first-order valence-electron chi connectivity index (χ1n) is 6.18. The van der Waals surface area contributed by atoms with Crippen LogP contribution in [0.15, 0.2) is 18.2 Å². The summed E-state index contributed by atoms with van der Waals surface area (Å²) in [6, 6.07) is 4.72. The first-order chi connectivity index (χ1) is 9.14. The number of nitrogens with zero attached hydrogens (tertiary/aromatic N) is 1. The molecule has 0 atom stereocenters. The molecule has 2 N–H and O–H groups in total. The second-order valence-corrected chi connectivity index (χ2v) is 7.35. The topological polar surface area (TPSA) is 89.7 Å². The summed E-state index contributed by atoms with van der Waals surface area (Å²) in [5.41, 5.74) is 5.46. The Morgan fingerprint density at radius 1 is 1.45 bits per heavy atom. The summed E-state index contributed by atoms with van der Waals surface area (Å²) in [6.07, 6.45) is 1.13. The fraction of sp³-hybridized carbons (Fsp3) is 0.462. The van der Waals surface area contributed by atoms with Crippen LogP contribution in [0, 0.1) is 0 Å². The molecule has 0 saturated carbocycles. The second kappa shape index (κ2) is 4.75. The van der Waals surface area contributed by atoms with Gasteiger partial charge in [-0.3, -0.25) is 9.10 Å². The average molecular weight is 298 g/mol. The highest BCUT2D eigenvalue weighted by atomic mass is 32.2. The minimum atomic E-state index is -3.45. The van der Waals surface area contributed by atoms with Gasteiger partial charge in [-0.25, -0.2) is 8.42 Å². The van der Waals surface area contributed by atoms with Crippen LogP contribution in [0.3, 0.4) is 0 Å². The van der Waals surface area contributed by atoms with E-state index in [0.717, 1.165) is 6.26 Å². The lowest BCUT2D eigenvalue weighted by atomic mass is 10.0. The van der Waals surface area contributed by atoms with E-state index in [1.54, 1.807) is 12.1 Å². The third kappa shape index (κ3) is 2.78. The number of rotatable bonds is 3. The number of nitrogens with two attached hydrogens (primary N) is 1. The van der Waals surface area contributed by atoms with E-state index >= 15 is 0 Å². The Kier molecular flexibility index (Phi) is 3.51. The minimum absolute atomic E-state index is 0.121. The Morgan fingerprint density at radius 3 is 2.65 bits per heavy atom. The standard InChI is InChI=1S/C13H18N2O4S/c1-13(2)8-15(20(3,17)18)10-6-9(11(16)7-14)4-5-12(10)19-13/h4-6H,7-8,14H2,1-3H3. The van der Waals surface area contributed by atoms with Gasteiger partial charge in [0.25, 0.3) is 0 Å². The van der Waals surface area contributed by atoms with Gasteiger partial charge in [-0.05, 0) is 32.0 Å². The lowest BCUT2D eigenvalue weighted by Gasteiger charge is -2.39. The highest BCUT2D eigenvalue weighted by Gasteiger charge is 2.36. The number of ether oxygens (including phenoxy) is 1. The molecule has 0 fully saturated rings. The number of anilines is 1. The monoisotopic (exact) mass is 298 g/mol. The summed E-state index contributed by atoms with van der Waals surface area (Å²) in [7, 11) is -3.45. The van der Waals surface area contributed by atoms with Crippen LogP contribution < -0.4 is 14.8 Å². The van der Waals surface area contributed by atoms with Crippen molar-refractivity contribution in [2.75, 3.05) is 23.7 Å². The van der Waals surface area contributed by atoms with Crippen molar-refractivity contribution in [1.29, 1.82) is 0 Å². The Labute approximate surface area is 118 Å². The molecule has 1 aromatic carbocycles. The van der Waals surface area contributed by atoms with Crippen LogP contribution in [-0.2, 0) is 10.0 Å². The number of hydrogen-bond acceptors (Lipinski definition) is 5. The number of carbonyl (C=O) groups is 1. The van der Waals surface area contributed by atoms with E-state index in [9.17, 15) is 13.2 Å². The molecular weight excluding hydrogens is 280 g/mol. The van der Waals surface area contributed by atoms with Crippen LogP contribution in [0.25, 0.3) is 0 Å². The lowest BCUT2D eigenvalue weighted by Crippen LogP contribution is -2.49. The summed E-state index contributed by atoms with van der Waals surface area (Å²) < 4.78 is 30.9. The molecule has 1 aromatic rings. The molecular formula is C13H18N2O4S. The van der Waals surface area contributed by atoms with Crippen LogP contribution in [-0.4, -0.2) is 39.1 Å². The van der Waals surface area contributed by atoms with Gasteiger partial charge >= 0.3 is 0 Å². The molecule has 0 aromatic heterocycles. The van der Waals surface area contributed by atoms with E-state index in [4.69, 9.17) is 10.5 Å². The van der Waals surface area contributed by atoms with E-state index in [1.165, 1.54) is 10.4 Å². The van der Waals surface area contributed by atoms with Gasteiger partial charge in [0.2, 0.25) is 10.0 Å². The molecule has 20 heavy (non-hydrogen) atoms. The van der Waals surface area contributed by atoms with Crippen molar-refractivity contribution in [3.05, 3.63) is 23.8 Å². The van der Waals surface area contributed by atoms with E-state index in [2.05, 4.69) is 0 Å². The zero-order valence-electron chi connectivity index (χ0n) is 11.7. The number of benzene rings is 1. The van der Waals surface area contributed by atoms with Crippen LogP contribution in [0.4, 0.5) is 5.69 Å². The molecule has 0 spiro atoms. The average Bonchev–Trinajstić information content (AvgIpc) is 2.34. The van der Waals surface area contributed by atoms with Crippen LogP contribution >= 0.6 is 0 Å². The summed E-state index contributed by atoms with van der Waals surface area (Å²) in [5.74, 6) is 0.200. The van der Waals surface area contributed by atoms with Gasteiger partial charge in [0, 0.05) is 5.56 Å². The molecule has 0 amide bonds. The Balaban J connectivity index is 2.58. The third-order valence-corrected chi connectivity index (χ3v) is 4.17. The summed E-state index contributed by atoms with van der Waals surface area (Å²) in [6.45, 7) is 3.70. The Hall–Kier alpha value is -1.60. The van der Waals surface area contributed by atoms with Crippen molar-refractivity contribution >= 4 is 21.5 Å². The van der Waals surface area contributed by atoms with Gasteiger partial charge in [-0.1, -0.05) is 0 Å². The first-order valence-corrected chi connectivity index (χ1v) is 8.03. The highest BCUT2D eigenvalue weighted by molar-refractivity contribution is 7.92. The van der Waals surface area contributed by atoms with Crippen molar-refractivity contribution in [2.24, 2.45) is 5.73 Å². The van der Waals surface area contributed by atoms with Crippen molar-refractivity contribution in [3.8, 4) is 5.75 Å². The van der Waals surface area contributed by atoms with Crippen molar-refractivity contribution in [2.45, 2.75) is 19.4 Å². The maximum Gasteiger partial charge on any atom is 0.232 e. The zero-order chi connectivity index (χ0) is 15.1. The van der Waals surface area contributed by atoms with E-state index < -0.39 is 15.6 Å². The molecule has 6 nitrogen and oxygen atoms in total. The zero-order valence-corrected chi connectivity index (χ0v) is 12.5. The molecule has 2 rings (SSSR count). The highest BCUT2D eigenvalue weighted by Crippen LogP contribution is 2.38. The quantitative estimate of drug-likeness (QED) is 0.832. The van der Waals surface area contributed by atoms with Gasteiger partial charge in [-0.15, -0.1) is 0 Å². The predicted molar refractivity (Wildman–Crippen MR) is 76.7 cm³/mol. The molecule has 0 radical (unpaired) electrons. The molecule has 1 aliphatic heterocycles. The second-order valence-electron chi connectivity index (χ2n) is 5.44. The molecule has 1 heterocycles. The largest absolute Gasteiger partial charge is 0.484 e. The van der Waals surface area contributed by atoms with Gasteiger partial charge in [0.15, 0.2) is 5.78 Å². The Morgan fingerprint density at radius 2 is 2.10 bits per heavy atom. The smallest absolute Gasteiger partial charge is 0.232 e. The molecule has 1 aliphatic rings. The van der Waals surface area contributed by atoms with Gasteiger partial charge in [-0.2, -0.15) is 0 Å². The molecule has 110 valence electrons. The number of hydrogen-bond donors (Lipinski definition) is 1. The molecule has 0 aliphatic carbocycles. The fourth-order valence-corrected chi connectivity index (χ4v) is 3.19. The molecule has 7 heteroatoms. The van der Waals surface area contributed by atoms with Crippen molar-refractivity contribution in [3.63, 3.8) is 0 Å².